The number of carbonyl (C=O) groups is 1. The summed E-state index contributed by atoms with van der Waals surface area (Å²) in [7, 11) is 3.88. The monoisotopic (exact) mass is 442 g/mol. The van der Waals surface area contributed by atoms with Crippen LogP contribution in [0.25, 0.3) is 11.3 Å². The third-order valence-corrected chi connectivity index (χ3v) is 6.83. The van der Waals surface area contributed by atoms with E-state index in [2.05, 4.69) is 57.6 Å². The van der Waals surface area contributed by atoms with Crippen LogP contribution in [0.1, 0.15) is 17.5 Å². The van der Waals surface area contributed by atoms with Gasteiger partial charge in [-0.2, -0.15) is 0 Å². The maximum Gasteiger partial charge on any atom is 0.227 e. The largest absolute Gasteiger partial charge is 0.365 e. The fourth-order valence-electron chi connectivity index (χ4n) is 4.99. The zero-order chi connectivity index (χ0) is 22.9. The van der Waals surface area contributed by atoms with E-state index in [4.69, 9.17) is 4.98 Å². The fourth-order valence-corrected chi connectivity index (χ4v) is 4.99. The molecule has 170 valence electrons. The zero-order valence-electron chi connectivity index (χ0n) is 19.4. The van der Waals surface area contributed by atoms with Crippen LogP contribution in [-0.4, -0.2) is 60.0 Å². The van der Waals surface area contributed by atoms with Gasteiger partial charge in [0.2, 0.25) is 11.9 Å². The zero-order valence-corrected chi connectivity index (χ0v) is 19.4. The summed E-state index contributed by atoms with van der Waals surface area (Å²) in [4.78, 5) is 25.7. The summed E-state index contributed by atoms with van der Waals surface area (Å²) < 4.78 is 0. The molecule has 33 heavy (non-hydrogen) atoms. The van der Waals surface area contributed by atoms with E-state index in [0.29, 0.717) is 24.5 Å². The van der Waals surface area contributed by atoms with Crippen LogP contribution < -0.4 is 15.5 Å². The molecule has 2 N–H and O–H groups in total. The molecule has 2 aliphatic heterocycles. The number of aryl methyl sites for hydroxylation is 1. The molecule has 7 nitrogen and oxygen atoms in total. The summed E-state index contributed by atoms with van der Waals surface area (Å²) in [6, 6.07) is 17.6. The second-order valence-corrected chi connectivity index (χ2v) is 9.07. The molecular weight excluding hydrogens is 412 g/mol. The number of likely N-dealkylation sites (tertiary alicyclic amines) is 1. The number of benzene rings is 2. The molecule has 0 saturated carbocycles. The van der Waals surface area contributed by atoms with Gasteiger partial charge in [0.1, 0.15) is 0 Å². The van der Waals surface area contributed by atoms with Gasteiger partial charge < -0.3 is 15.5 Å². The quantitative estimate of drug-likeness (QED) is 0.610. The molecule has 3 aromatic rings. The number of hydrogen-bond acceptors (Lipinski definition) is 6. The summed E-state index contributed by atoms with van der Waals surface area (Å²) in [5, 5.41) is 6.01. The molecule has 1 aromatic heterocycles. The molecule has 2 fully saturated rings. The number of nitrogens with one attached hydrogen (secondary N) is 2. The first-order chi connectivity index (χ1) is 16.0. The van der Waals surface area contributed by atoms with E-state index in [1.165, 1.54) is 17.7 Å². The predicted molar refractivity (Wildman–Crippen MR) is 132 cm³/mol. The minimum Gasteiger partial charge on any atom is -0.365 e. The molecule has 2 aliphatic rings. The summed E-state index contributed by atoms with van der Waals surface area (Å²) >= 11 is 0. The predicted octanol–water partition coefficient (Wildman–Crippen LogP) is 3.38. The van der Waals surface area contributed by atoms with Gasteiger partial charge in [0.15, 0.2) is 0 Å². The second-order valence-electron chi connectivity index (χ2n) is 9.07. The molecule has 0 unspecified atom stereocenters. The highest BCUT2D eigenvalue weighted by atomic mass is 16.1. The molecule has 2 saturated heterocycles. The number of rotatable bonds is 6. The van der Waals surface area contributed by atoms with Gasteiger partial charge in [-0.3, -0.25) is 9.69 Å². The molecule has 2 aromatic carbocycles. The van der Waals surface area contributed by atoms with E-state index in [0.717, 1.165) is 35.6 Å². The van der Waals surface area contributed by atoms with Crippen molar-refractivity contribution in [2.45, 2.75) is 31.8 Å². The third kappa shape index (κ3) is 4.41. The summed E-state index contributed by atoms with van der Waals surface area (Å²) in [5.41, 5.74) is 6.37. The average molecular weight is 443 g/mol. The number of anilines is 3. The highest BCUT2D eigenvalue weighted by Crippen LogP contribution is 2.36. The van der Waals surface area contributed by atoms with Crippen molar-refractivity contribution in [3.05, 3.63) is 65.9 Å². The van der Waals surface area contributed by atoms with Crippen molar-refractivity contribution in [1.29, 1.82) is 0 Å². The molecule has 0 spiro atoms. The lowest BCUT2D eigenvalue weighted by Crippen LogP contribution is -2.44. The minimum atomic E-state index is 0.00200. The Morgan fingerprint density at radius 3 is 2.58 bits per heavy atom. The highest BCUT2D eigenvalue weighted by Gasteiger charge is 2.41. The Labute approximate surface area is 194 Å². The van der Waals surface area contributed by atoms with E-state index in [9.17, 15) is 4.79 Å². The van der Waals surface area contributed by atoms with Crippen LogP contribution in [-0.2, 0) is 11.2 Å². The standard InChI is InChI=1S/C26H30N6O/c1-17-12-20(8-9-24(17)32-16-21-14-22(32)15-31(21)3)29-26-28-11-10-23(30-26)19-6-4-18(5-7-19)13-25(33)27-2/h4-12,21-22H,13-16H2,1-3H3,(H,27,33)(H,28,29,30)/t21-,22-/m0/s1. The van der Waals surface area contributed by atoms with Crippen LogP contribution in [0.2, 0.25) is 0 Å². The van der Waals surface area contributed by atoms with E-state index in [-0.39, 0.29) is 5.91 Å². The van der Waals surface area contributed by atoms with Crippen LogP contribution in [0.5, 0.6) is 0 Å². The van der Waals surface area contributed by atoms with Gasteiger partial charge in [-0.25, -0.2) is 9.97 Å². The maximum atomic E-state index is 11.6. The van der Waals surface area contributed by atoms with Gasteiger partial charge in [0.25, 0.3) is 0 Å². The highest BCUT2D eigenvalue weighted by molar-refractivity contribution is 5.78. The maximum absolute atomic E-state index is 11.6. The number of aromatic nitrogens is 2. The van der Waals surface area contributed by atoms with Crippen molar-refractivity contribution in [3.8, 4) is 11.3 Å². The first-order valence-electron chi connectivity index (χ1n) is 11.5. The Bertz CT molecular complexity index is 1160. The Balaban J connectivity index is 1.29. The summed E-state index contributed by atoms with van der Waals surface area (Å²) in [6.07, 6.45) is 3.41. The minimum absolute atomic E-state index is 0.00200. The van der Waals surface area contributed by atoms with Crippen LogP contribution >= 0.6 is 0 Å². The Morgan fingerprint density at radius 1 is 1.09 bits per heavy atom. The second kappa shape index (κ2) is 8.83. The first-order valence-corrected chi connectivity index (χ1v) is 11.5. The van der Waals surface area contributed by atoms with E-state index in [1.807, 2.05) is 30.3 Å². The fraction of sp³-hybridized carbons (Fsp3) is 0.346. The molecule has 1 amide bonds. The van der Waals surface area contributed by atoms with E-state index >= 15 is 0 Å². The number of nitrogens with zero attached hydrogens (tertiary/aromatic N) is 4. The van der Waals surface area contributed by atoms with Crippen molar-refractivity contribution in [2.24, 2.45) is 0 Å². The number of likely N-dealkylation sites (N-methyl/N-ethyl adjacent to an activating group) is 2. The molecule has 5 rings (SSSR count). The number of hydrogen-bond donors (Lipinski definition) is 2. The summed E-state index contributed by atoms with van der Waals surface area (Å²) in [6.45, 7) is 4.44. The number of amides is 1. The topological polar surface area (TPSA) is 73.4 Å². The van der Waals surface area contributed by atoms with Gasteiger partial charge >= 0.3 is 0 Å². The molecule has 7 heteroatoms. The smallest absolute Gasteiger partial charge is 0.227 e. The van der Waals surface area contributed by atoms with Gasteiger partial charge in [0.05, 0.1) is 12.1 Å². The molecule has 0 aliphatic carbocycles. The van der Waals surface area contributed by atoms with Crippen LogP contribution in [0.4, 0.5) is 17.3 Å². The lowest BCUT2D eigenvalue weighted by atomic mass is 10.1. The lowest BCUT2D eigenvalue weighted by Gasteiger charge is -2.34. The van der Waals surface area contributed by atoms with Crippen LogP contribution in [0, 0.1) is 6.92 Å². The van der Waals surface area contributed by atoms with Gasteiger partial charge in [-0.15, -0.1) is 0 Å². The SMILES string of the molecule is CNC(=O)Cc1ccc(-c2ccnc(Nc3ccc(N4C[C@@H]5C[C@H]4CN5C)c(C)c3)n2)cc1. The number of fused-ring (bicyclic) bond motifs is 2. The molecule has 2 atom stereocenters. The summed E-state index contributed by atoms with van der Waals surface area (Å²) in [5.74, 6) is 0.568. The van der Waals surface area contributed by atoms with E-state index in [1.54, 1.807) is 13.2 Å². The number of carbonyl (C=O) groups excluding carboxylic acids is 1. The van der Waals surface area contributed by atoms with Gasteiger partial charge in [-0.05, 0) is 55.8 Å². The lowest BCUT2D eigenvalue weighted by molar-refractivity contribution is -0.119. The van der Waals surface area contributed by atoms with E-state index < -0.39 is 0 Å². The van der Waals surface area contributed by atoms with Crippen LogP contribution in [0.3, 0.4) is 0 Å². The van der Waals surface area contributed by atoms with Crippen molar-refractivity contribution < 1.29 is 4.79 Å². The Morgan fingerprint density at radius 2 is 1.91 bits per heavy atom. The number of piperazine rings is 1. The van der Waals surface area contributed by atoms with Gasteiger partial charge in [-0.1, -0.05) is 24.3 Å². The van der Waals surface area contributed by atoms with Crippen molar-refractivity contribution in [3.63, 3.8) is 0 Å². The third-order valence-electron chi connectivity index (χ3n) is 6.83. The molecular formula is C26H30N6O. The first kappa shape index (κ1) is 21.4. The van der Waals surface area contributed by atoms with Crippen molar-refractivity contribution >= 4 is 23.2 Å². The van der Waals surface area contributed by atoms with Crippen molar-refractivity contribution in [1.82, 2.24) is 20.2 Å². The van der Waals surface area contributed by atoms with Crippen LogP contribution in [0.15, 0.2) is 54.7 Å². The Kier molecular flexibility index (Phi) is 5.72. The van der Waals surface area contributed by atoms with Crippen molar-refractivity contribution in [2.75, 3.05) is 37.4 Å². The Hall–Kier alpha value is -3.45. The molecule has 3 heterocycles. The van der Waals surface area contributed by atoms with Gasteiger partial charge in [0, 0.05) is 55.4 Å². The molecule has 2 bridgehead atoms. The normalized spacial score (nSPS) is 19.7. The molecule has 0 radical (unpaired) electrons. The average Bonchev–Trinajstić information content (AvgIpc) is 3.39.